The molecular formula is C18H22CuN6S2. The van der Waals surface area contributed by atoms with Gasteiger partial charge in [0.15, 0.2) is 10.2 Å². The largest absolute Gasteiger partial charge is 0.375 e. The number of nitrogens with two attached hydrogens (primary N) is 2. The van der Waals surface area contributed by atoms with Gasteiger partial charge in [0, 0.05) is 17.1 Å². The van der Waals surface area contributed by atoms with E-state index in [1.54, 1.807) is 0 Å². The van der Waals surface area contributed by atoms with E-state index in [9.17, 15) is 0 Å². The topological polar surface area (TPSA) is 101 Å². The molecule has 2 aromatic carbocycles. The van der Waals surface area contributed by atoms with Crippen LogP contribution in [0.25, 0.3) is 0 Å². The minimum absolute atomic E-state index is 0. The first-order chi connectivity index (χ1) is 12.4. The molecule has 0 unspecified atom stereocenters. The molecule has 9 heteroatoms. The van der Waals surface area contributed by atoms with Crippen LogP contribution in [0.3, 0.4) is 0 Å². The average Bonchev–Trinajstić information content (AvgIpc) is 2.66. The van der Waals surface area contributed by atoms with Crippen LogP contribution in [0.15, 0.2) is 70.9 Å². The van der Waals surface area contributed by atoms with Gasteiger partial charge in [0.25, 0.3) is 0 Å². The summed E-state index contributed by atoms with van der Waals surface area (Å²) in [6.45, 7) is 3.78. The second-order valence-corrected chi connectivity index (χ2v) is 5.96. The van der Waals surface area contributed by atoms with E-state index in [1.807, 2.05) is 74.5 Å². The molecule has 1 radical (unpaired) electrons. The van der Waals surface area contributed by atoms with Crippen molar-refractivity contribution in [2.45, 2.75) is 13.8 Å². The zero-order valence-electron chi connectivity index (χ0n) is 14.9. The Hall–Kier alpha value is -2.32. The summed E-state index contributed by atoms with van der Waals surface area (Å²) in [7, 11) is 0. The number of thiocarbonyl (C=S) groups is 2. The van der Waals surface area contributed by atoms with Gasteiger partial charge in [0.05, 0.1) is 11.4 Å². The summed E-state index contributed by atoms with van der Waals surface area (Å²) < 4.78 is 0. The molecule has 2 aromatic rings. The molecule has 0 heterocycles. The maximum atomic E-state index is 5.23. The molecule has 0 aliphatic heterocycles. The fourth-order valence-electron chi connectivity index (χ4n) is 1.77. The molecule has 0 saturated heterocycles. The Morgan fingerprint density at radius 1 is 0.704 bits per heavy atom. The molecule has 0 saturated carbocycles. The summed E-state index contributed by atoms with van der Waals surface area (Å²) in [6, 6.07) is 19.6. The molecule has 0 fully saturated rings. The molecular weight excluding hydrogens is 428 g/mol. The summed E-state index contributed by atoms with van der Waals surface area (Å²) in [5.74, 6) is 0. The van der Waals surface area contributed by atoms with E-state index in [1.165, 1.54) is 0 Å². The Morgan fingerprint density at radius 2 is 1.00 bits per heavy atom. The summed E-state index contributed by atoms with van der Waals surface area (Å²) >= 11 is 9.25. The molecule has 0 aliphatic rings. The van der Waals surface area contributed by atoms with E-state index < -0.39 is 0 Å². The first kappa shape index (κ1) is 24.7. The van der Waals surface area contributed by atoms with Crippen molar-refractivity contribution in [1.29, 1.82) is 0 Å². The van der Waals surface area contributed by atoms with Crippen molar-refractivity contribution in [3.63, 3.8) is 0 Å². The number of benzene rings is 2. The third-order valence-corrected chi connectivity index (χ3v) is 3.23. The van der Waals surface area contributed by atoms with E-state index in [0.29, 0.717) is 0 Å². The number of hydrogen-bond acceptors (Lipinski definition) is 4. The van der Waals surface area contributed by atoms with Crippen LogP contribution in [0.2, 0.25) is 0 Å². The Kier molecular flexibility index (Phi) is 12.6. The SMILES string of the molecule is CC(=NNC(N)=S)c1ccccc1.CC(=NNC(N)=S)c1ccccc1.[Cu]. The molecule has 0 amide bonds. The average molecular weight is 450 g/mol. The van der Waals surface area contributed by atoms with E-state index in [4.69, 9.17) is 11.5 Å². The number of nitrogens with zero attached hydrogens (tertiary/aromatic N) is 2. The minimum Gasteiger partial charge on any atom is -0.375 e. The quantitative estimate of drug-likeness (QED) is 0.247. The Morgan fingerprint density at radius 3 is 1.26 bits per heavy atom. The fraction of sp³-hybridized carbons (Fsp3) is 0.111. The van der Waals surface area contributed by atoms with Gasteiger partial charge in [-0.2, -0.15) is 10.2 Å². The number of hydrogen-bond donors (Lipinski definition) is 4. The van der Waals surface area contributed by atoms with Crippen LogP contribution in [0.4, 0.5) is 0 Å². The van der Waals surface area contributed by atoms with Crippen LogP contribution in [-0.4, -0.2) is 21.6 Å². The number of rotatable bonds is 4. The van der Waals surface area contributed by atoms with Crippen molar-refractivity contribution in [2.75, 3.05) is 0 Å². The summed E-state index contributed by atoms with van der Waals surface area (Å²) in [6.07, 6.45) is 0. The zero-order chi connectivity index (χ0) is 19.4. The normalized spacial score (nSPS) is 10.6. The molecule has 147 valence electrons. The van der Waals surface area contributed by atoms with Crippen molar-refractivity contribution in [3.8, 4) is 0 Å². The Balaban J connectivity index is 0.000000483. The van der Waals surface area contributed by atoms with Crippen molar-refractivity contribution >= 4 is 46.1 Å². The molecule has 0 spiro atoms. The van der Waals surface area contributed by atoms with E-state index in [-0.39, 0.29) is 27.3 Å². The first-order valence-electron chi connectivity index (χ1n) is 7.70. The van der Waals surface area contributed by atoms with Gasteiger partial charge in [0.1, 0.15) is 0 Å². The summed E-state index contributed by atoms with van der Waals surface area (Å²) in [4.78, 5) is 0. The van der Waals surface area contributed by atoms with Gasteiger partial charge in [-0.15, -0.1) is 0 Å². The van der Waals surface area contributed by atoms with Crippen LogP contribution >= 0.6 is 24.4 Å². The molecule has 0 aromatic heterocycles. The zero-order valence-corrected chi connectivity index (χ0v) is 17.5. The third kappa shape index (κ3) is 11.1. The molecule has 27 heavy (non-hydrogen) atoms. The first-order valence-corrected chi connectivity index (χ1v) is 8.52. The van der Waals surface area contributed by atoms with Crippen LogP contribution in [0.1, 0.15) is 25.0 Å². The third-order valence-electron chi connectivity index (χ3n) is 3.05. The van der Waals surface area contributed by atoms with Crippen molar-refractivity contribution < 1.29 is 17.1 Å². The van der Waals surface area contributed by atoms with Crippen molar-refractivity contribution in [3.05, 3.63) is 71.8 Å². The van der Waals surface area contributed by atoms with Crippen LogP contribution in [0, 0.1) is 0 Å². The van der Waals surface area contributed by atoms with E-state index >= 15 is 0 Å². The molecule has 0 atom stereocenters. The van der Waals surface area contributed by atoms with Crippen molar-refractivity contribution in [1.82, 2.24) is 10.9 Å². The standard InChI is InChI=1S/2C9H11N3S.Cu/c2*1-7(11-12-9(10)13)8-5-3-2-4-6-8;/h2*2-6H,1H3,(H3,10,12,13);. The van der Waals surface area contributed by atoms with Gasteiger partial charge in [0.2, 0.25) is 0 Å². The maximum absolute atomic E-state index is 5.23. The van der Waals surface area contributed by atoms with E-state index in [0.717, 1.165) is 22.6 Å². The smallest absolute Gasteiger partial charge is 0.184 e. The fourth-order valence-corrected chi connectivity index (χ4v) is 1.86. The Bertz CT molecular complexity index is 711. The predicted octanol–water partition coefficient (Wildman–Crippen LogP) is 2.49. The maximum Gasteiger partial charge on any atom is 0.184 e. The monoisotopic (exact) mass is 449 g/mol. The van der Waals surface area contributed by atoms with Gasteiger partial charge < -0.3 is 11.5 Å². The molecule has 0 bridgehead atoms. The van der Waals surface area contributed by atoms with Crippen LogP contribution < -0.4 is 22.3 Å². The van der Waals surface area contributed by atoms with Gasteiger partial charge in [-0.25, -0.2) is 0 Å². The van der Waals surface area contributed by atoms with Crippen LogP contribution in [-0.2, 0) is 17.1 Å². The van der Waals surface area contributed by atoms with Gasteiger partial charge >= 0.3 is 0 Å². The van der Waals surface area contributed by atoms with E-state index in [2.05, 4.69) is 45.5 Å². The number of nitrogens with one attached hydrogen (secondary N) is 2. The Labute approximate surface area is 181 Å². The minimum atomic E-state index is 0. The van der Waals surface area contributed by atoms with Crippen molar-refractivity contribution in [2.24, 2.45) is 21.7 Å². The summed E-state index contributed by atoms with van der Waals surface area (Å²) in [5.41, 5.74) is 19.4. The second kappa shape index (κ2) is 13.8. The van der Waals surface area contributed by atoms with Crippen LogP contribution in [0.5, 0.6) is 0 Å². The van der Waals surface area contributed by atoms with Gasteiger partial charge in [-0.1, -0.05) is 60.7 Å². The predicted molar refractivity (Wildman–Crippen MR) is 117 cm³/mol. The van der Waals surface area contributed by atoms with Gasteiger partial charge in [-0.05, 0) is 49.4 Å². The second-order valence-electron chi connectivity index (χ2n) is 5.08. The molecule has 6 N–H and O–H groups in total. The van der Waals surface area contributed by atoms with Gasteiger partial charge in [-0.3, -0.25) is 10.9 Å². The molecule has 0 aliphatic carbocycles. The summed E-state index contributed by atoms with van der Waals surface area (Å²) in [5, 5.41) is 8.34. The molecule has 6 nitrogen and oxygen atoms in total. The molecule has 2 rings (SSSR count). The number of hydrazone groups is 2.